The monoisotopic (exact) mass is 299 g/mol. The van der Waals surface area contributed by atoms with E-state index in [1.54, 1.807) is 0 Å². The van der Waals surface area contributed by atoms with E-state index >= 15 is 0 Å². The molecule has 90 valence electrons. The van der Waals surface area contributed by atoms with Crippen LogP contribution in [0.1, 0.15) is 6.42 Å². The van der Waals surface area contributed by atoms with Gasteiger partial charge in [-0.15, -0.1) is 0 Å². The number of hydrogen-bond donors (Lipinski definition) is 0. The van der Waals surface area contributed by atoms with Crippen molar-refractivity contribution < 1.29 is 9.72 Å². The van der Waals surface area contributed by atoms with Gasteiger partial charge in [-0.25, -0.2) is 4.98 Å². The van der Waals surface area contributed by atoms with Crippen molar-refractivity contribution in [3.63, 3.8) is 0 Å². The van der Waals surface area contributed by atoms with Crippen LogP contribution in [-0.2, 0) is 4.79 Å². The Bertz CT molecular complexity index is 466. The van der Waals surface area contributed by atoms with Gasteiger partial charge in [-0.05, 0) is 5.92 Å². The minimum absolute atomic E-state index is 0.0394. The number of alkyl halides is 1. The molecule has 1 aliphatic rings. The summed E-state index contributed by atoms with van der Waals surface area (Å²) in [5.74, 6) is 0.554. The topological polar surface area (TPSA) is 76.3 Å². The van der Waals surface area contributed by atoms with Gasteiger partial charge in [0.05, 0.1) is 11.0 Å². The highest BCUT2D eigenvalue weighted by atomic mass is 79.9. The third-order valence-electron chi connectivity index (χ3n) is 2.64. The summed E-state index contributed by atoms with van der Waals surface area (Å²) in [4.78, 5) is 27.4. The second kappa shape index (κ2) is 4.79. The van der Waals surface area contributed by atoms with Gasteiger partial charge in [0.2, 0.25) is 5.91 Å². The molecule has 1 amide bonds. The maximum Gasteiger partial charge on any atom is 0.274 e. The molecular weight excluding hydrogens is 290 g/mol. The van der Waals surface area contributed by atoms with Crippen LogP contribution in [0, 0.1) is 16.0 Å². The second-order valence-electron chi connectivity index (χ2n) is 3.86. The molecule has 0 aromatic carbocycles. The molecule has 2 rings (SSSR count). The van der Waals surface area contributed by atoms with Crippen LogP contribution in [0.4, 0.5) is 11.5 Å². The highest BCUT2D eigenvalue weighted by Crippen LogP contribution is 2.26. The van der Waals surface area contributed by atoms with Crippen LogP contribution in [0.25, 0.3) is 0 Å². The van der Waals surface area contributed by atoms with Gasteiger partial charge >= 0.3 is 0 Å². The Balaban J connectivity index is 2.25. The fourth-order valence-corrected chi connectivity index (χ4v) is 2.21. The van der Waals surface area contributed by atoms with Crippen molar-refractivity contribution in [2.45, 2.75) is 6.42 Å². The van der Waals surface area contributed by atoms with Crippen molar-refractivity contribution >= 4 is 33.3 Å². The smallest absolute Gasteiger partial charge is 0.274 e. The van der Waals surface area contributed by atoms with Crippen LogP contribution in [0.3, 0.4) is 0 Å². The second-order valence-corrected chi connectivity index (χ2v) is 4.51. The molecule has 1 saturated heterocycles. The molecular formula is C10H10BrN3O3. The van der Waals surface area contributed by atoms with Crippen LogP contribution in [0.15, 0.2) is 18.3 Å². The molecule has 0 saturated carbocycles. The Morgan fingerprint density at radius 1 is 1.65 bits per heavy atom. The molecule has 0 radical (unpaired) electrons. The fraction of sp³-hybridized carbons (Fsp3) is 0.400. The third-order valence-corrected chi connectivity index (χ3v) is 3.56. The molecule has 1 aromatic rings. The predicted molar refractivity (Wildman–Crippen MR) is 65.1 cm³/mol. The van der Waals surface area contributed by atoms with Crippen molar-refractivity contribution in [1.82, 2.24) is 4.98 Å². The lowest BCUT2D eigenvalue weighted by Crippen LogP contribution is -2.25. The lowest BCUT2D eigenvalue weighted by Gasteiger charge is -2.14. The number of nitro groups is 1. The summed E-state index contributed by atoms with van der Waals surface area (Å²) in [7, 11) is 0. The van der Waals surface area contributed by atoms with Crippen LogP contribution in [0.5, 0.6) is 0 Å². The maximum atomic E-state index is 11.7. The minimum atomic E-state index is -0.492. The van der Waals surface area contributed by atoms with Crippen LogP contribution in [0.2, 0.25) is 0 Å². The molecule has 17 heavy (non-hydrogen) atoms. The van der Waals surface area contributed by atoms with Gasteiger partial charge in [-0.2, -0.15) is 0 Å². The third kappa shape index (κ3) is 2.44. The number of carbonyl (C=O) groups excluding carboxylic acids is 1. The van der Waals surface area contributed by atoms with Crippen molar-refractivity contribution in [2.24, 2.45) is 5.92 Å². The van der Waals surface area contributed by atoms with Crippen LogP contribution in [-0.4, -0.2) is 27.7 Å². The molecule has 0 bridgehead atoms. The summed E-state index contributed by atoms with van der Waals surface area (Å²) >= 11 is 3.33. The summed E-state index contributed by atoms with van der Waals surface area (Å²) in [5, 5.41) is 11.4. The summed E-state index contributed by atoms with van der Waals surface area (Å²) in [6.45, 7) is 0.554. The zero-order valence-corrected chi connectivity index (χ0v) is 10.5. The van der Waals surface area contributed by atoms with E-state index in [-0.39, 0.29) is 17.5 Å². The van der Waals surface area contributed by atoms with E-state index in [0.717, 1.165) is 5.33 Å². The fourth-order valence-electron chi connectivity index (χ4n) is 1.78. The van der Waals surface area contributed by atoms with E-state index in [1.807, 2.05) is 0 Å². The Morgan fingerprint density at radius 3 is 3.00 bits per heavy atom. The highest BCUT2D eigenvalue weighted by molar-refractivity contribution is 9.09. The number of carbonyl (C=O) groups is 1. The van der Waals surface area contributed by atoms with Gasteiger partial charge in [-0.1, -0.05) is 15.9 Å². The van der Waals surface area contributed by atoms with Crippen molar-refractivity contribution in [3.8, 4) is 0 Å². The van der Waals surface area contributed by atoms with Gasteiger partial charge < -0.3 is 0 Å². The van der Waals surface area contributed by atoms with Crippen LogP contribution < -0.4 is 4.90 Å². The van der Waals surface area contributed by atoms with Gasteiger partial charge in [-0.3, -0.25) is 19.8 Å². The van der Waals surface area contributed by atoms with Gasteiger partial charge in [0.15, 0.2) is 0 Å². The van der Waals surface area contributed by atoms with Crippen molar-refractivity contribution in [3.05, 3.63) is 28.4 Å². The first-order valence-corrected chi connectivity index (χ1v) is 6.20. The molecule has 0 N–H and O–H groups in total. The normalized spacial score (nSPS) is 19.7. The molecule has 6 nitrogen and oxygen atoms in total. The first-order valence-electron chi connectivity index (χ1n) is 5.08. The van der Waals surface area contributed by atoms with Gasteiger partial charge in [0.1, 0.15) is 5.82 Å². The molecule has 2 heterocycles. The average molecular weight is 300 g/mol. The summed E-state index contributed by atoms with van der Waals surface area (Å²) in [6, 6.07) is 2.64. The standard InChI is InChI=1S/C10H10BrN3O3/c11-5-7-3-10(15)13(6-7)9-4-8(14(16)17)1-2-12-9/h1-2,4,7H,3,5-6H2. The Hall–Kier alpha value is -1.50. The average Bonchev–Trinajstić information content (AvgIpc) is 2.71. The molecule has 1 aliphatic heterocycles. The molecule has 0 aliphatic carbocycles. The number of aromatic nitrogens is 1. The van der Waals surface area contributed by atoms with E-state index in [2.05, 4.69) is 20.9 Å². The first-order chi connectivity index (χ1) is 8.11. The summed E-state index contributed by atoms with van der Waals surface area (Å²) < 4.78 is 0. The minimum Gasteiger partial charge on any atom is -0.296 e. The molecule has 7 heteroatoms. The highest BCUT2D eigenvalue weighted by Gasteiger charge is 2.31. The molecule has 1 aromatic heterocycles. The SMILES string of the molecule is O=C1CC(CBr)CN1c1cc([N+](=O)[O-])ccn1. The maximum absolute atomic E-state index is 11.7. The first kappa shape index (κ1) is 12.0. The quantitative estimate of drug-likeness (QED) is 0.484. The lowest BCUT2D eigenvalue weighted by molar-refractivity contribution is -0.384. The van der Waals surface area contributed by atoms with E-state index < -0.39 is 4.92 Å². The Kier molecular flexibility index (Phi) is 3.37. The largest absolute Gasteiger partial charge is 0.296 e. The zero-order valence-electron chi connectivity index (χ0n) is 8.88. The van der Waals surface area contributed by atoms with E-state index in [9.17, 15) is 14.9 Å². The van der Waals surface area contributed by atoms with Crippen LogP contribution >= 0.6 is 15.9 Å². The number of hydrogen-bond acceptors (Lipinski definition) is 4. The number of pyridine rings is 1. The van der Waals surface area contributed by atoms with Crippen molar-refractivity contribution in [1.29, 1.82) is 0 Å². The zero-order chi connectivity index (χ0) is 12.4. The number of rotatable bonds is 3. The number of amides is 1. The number of anilines is 1. The molecule has 1 fully saturated rings. The summed E-state index contributed by atoms with van der Waals surface area (Å²) in [5.41, 5.74) is -0.0508. The predicted octanol–water partition coefficient (Wildman–Crippen LogP) is 1.74. The van der Waals surface area contributed by atoms with E-state index in [1.165, 1.54) is 23.2 Å². The number of nitrogens with zero attached hydrogens (tertiary/aromatic N) is 3. The van der Waals surface area contributed by atoms with Crippen molar-refractivity contribution in [2.75, 3.05) is 16.8 Å². The molecule has 1 unspecified atom stereocenters. The molecule has 1 atom stereocenters. The number of halogens is 1. The Morgan fingerprint density at radius 2 is 2.41 bits per heavy atom. The lowest BCUT2D eigenvalue weighted by atomic mass is 10.2. The van der Waals surface area contributed by atoms with E-state index in [0.29, 0.717) is 18.8 Å². The van der Waals surface area contributed by atoms with Gasteiger partial charge in [0.25, 0.3) is 5.69 Å². The van der Waals surface area contributed by atoms with E-state index in [4.69, 9.17) is 0 Å². The molecule has 0 spiro atoms. The van der Waals surface area contributed by atoms with Gasteiger partial charge in [0, 0.05) is 30.6 Å². The Labute approximate surface area is 106 Å². The summed E-state index contributed by atoms with van der Waals surface area (Å²) in [6.07, 6.45) is 1.80.